The van der Waals surface area contributed by atoms with Crippen LogP contribution in [0.15, 0.2) is 127 Å². The van der Waals surface area contributed by atoms with Gasteiger partial charge in [-0.3, -0.25) is 33.7 Å². The molecule has 0 aromatic heterocycles. The van der Waals surface area contributed by atoms with Crippen molar-refractivity contribution in [3.8, 4) is 11.1 Å². The van der Waals surface area contributed by atoms with Gasteiger partial charge in [-0.1, -0.05) is 169 Å². The van der Waals surface area contributed by atoms with Crippen molar-refractivity contribution < 1.29 is 52.6 Å². The van der Waals surface area contributed by atoms with Crippen molar-refractivity contribution in [1.29, 1.82) is 0 Å². The molecule has 8 amide bonds. The molecule has 2 aliphatic heterocycles. The number of likely N-dealkylation sites (N-methyl/N-ethyl adjacent to an activating group) is 1. The van der Waals surface area contributed by atoms with Crippen LogP contribution in [0.1, 0.15) is 158 Å². The predicted octanol–water partition coefficient (Wildman–Crippen LogP) is 9.96. The number of hydrogen-bond donors (Lipinski definition) is 4. The lowest BCUT2D eigenvalue weighted by atomic mass is 9.84. The summed E-state index contributed by atoms with van der Waals surface area (Å²) in [7, 11) is 3.01. The number of aryl methyl sites for hydroxylation is 1. The summed E-state index contributed by atoms with van der Waals surface area (Å²) < 4.78 is 17.5. The molecule has 0 bridgehead atoms. The zero-order valence-corrected chi connectivity index (χ0v) is 56.6. The molecule has 5 aromatic rings. The summed E-state index contributed by atoms with van der Waals surface area (Å²) in [6.07, 6.45) is 1.91. The second kappa shape index (κ2) is 27.8. The van der Waals surface area contributed by atoms with Gasteiger partial charge in [0, 0.05) is 52.2 Å². The van der Waals surface area contributed by atoms with Crippen molar-refractivity contribution in [3.63, 3.8) is 0 Å². The monoisotopic (exact) mass is 1280 g/mol. The Bertz CT molecular complexity index is 3600. The van der Waals surface area contributed by atoms with Crippen LogP contribution in [0.4, 0.5) is 9.59 Å². The summed E-state index contributed by atoms with van der Waals surface area (Å²) in [5.74, 6) is -3.01. The van der Waals surface area contributed by atoms with E-state index in [-0.39, 0.29) is 63.6 Å². The summed E-state index contributed by atoms with van der Waals surface area (Å²) in [5.41, 5.74) is 5.14. The third-order valence-corrected chi connectivity index (χ3v) is 19.5. The van der Waals surface area contributed by atoms with Crippen molar-refractivity contribution >= 4 is 47.6 Å². The summed E-state index contributed by atoms with van der Waals surface area (Å²) in [6, 6.07) is 33.9. The smallest absolute Gasteiger partial charge is 0.410 e. The van der Waals surface area contributed by atoms with Gasteiger partial charge in [-0.25, -0.2) is 9.59 Å². The maximum Gasteiger partial charge on any atom is 0.410 e. The van der Waals surface area contributed by atoms with E-state index < -0.39 is 106 Å². The number of likely N-dealkylation sites (tertiary alicyclic amines) is 1. The highest BCUT2D eigenvalue weighted by atomic mass is 16.6. The standard InChI is InChI=1S/C75H94N8O11/c1-46(80(11)71(91)94-74(8,9)10)64(84)78-62(72(2,3)4)67(87)82-42-51(40-59(82)65(85)77-58-36-24-30-47-25-18-19-31-52(47)58)76-69(89)75(37-38-75)45-83(61(44-92-12)48-26-14-13-15-27-48)66(86)60-39-49-28-16-17-29-50(49)41-81(60)68(88)63(73(5,6)7)79-70(90)93-43-57-55-34-22-20-32-53(55)54-33-21-23-35-56(54)57/h13-23,25-29,31-35,46,51,57-63H,24,30,36-45H2,1-12H3,(H,76,89)(H,77,85)(H,78,84)(H,79,90)/t46-,51-,58+,59-,60-,61-,62+,63+/m0/s1. The first-order valence-corrected chi connectivity index (χ1v) is 33.2. The molecule has 10 rings (SSSR count). The average Bonchev–Trinajstić information content (AvgIpc) is 1.51. The van der Waals surface area contributed by atoms with E-state index in [2.05, 4.69) is 39.5 Å². The Hall–Kier alpha value is -8.58. The van der Waals surface area contributed by atoms with Gasteiger partial charge in [-0.05, 0) is 127 Å². The van der Waals surface area contributed by atoms with Crippen LogP contribution in [0.25, 0.3) is 11.1 Å². The van der Waals surface area contributed by atoms with Crippen LogP contribution >= 0.6 is 0 Å². The number of methoxy groups -OCH3 is 1. The van der Waals surface area contributed by atoms with Crippen LogP contribution in [-0.2, 0) is 62.4 Å². The predicted molar refractivity (Wildman–Crippen MR) is 358 cm³/mol. The van der Waals surface area contributed by atoms with Gasteiger partial charge in [0.05, 0.1) is 24.1 Å². The molecule has 4 N–H and O–H groups in total. The van der Waals surface area contributed by atoms with Gasteiger partial charge in [-0.15, -0.1) is 0 Å². The van der Waals surface area contributed by atoms with Gasteiger partial charge in [-0.2, -0.15) is 0 Å². The van der Waals surface area contributed by atoms with Crippen molar-refractivity contribution in [2.75, 3.05) is 40.5 Å². The first kappa shape index (κ1) is 68.3. The SMILES string of the molecule is COC[C@@H](c1ccccc1)N(CC1(C(=O)N[C@H]2C[C@@H](C(=O)N[C@@H]3CCCc4ccccc43)N(C(=O)[C@@H](NC(=O)[C@H](C)N(C)C(=O)OC(C)(C)C)C(C)(C)C)C2)CC1)C(=O)[C@@H]1Cc2ccccc2CN1C(=O)[C@@H](NC(=O)OCC1c2ccccc2-c2ccccc21)C(C)(C)C. The molecule has 1 saturated heterocycles. The second-order valence-corrected chi connectivity index (χ2v) is 29.5. The highest BCUT2D eigenvalue weighted by Crippen LogP contribution is 2.49. The molecule has 0 spiro atoms. The Morgan fingerprint density at radius 2 is 1.22 bits per heavy atom. The van der Waals surface area contributed by atoms with Gasteiger partial charge in [0.15, 0.2) is 0 Å². The fourth-order valence-electron chi connectivity index (χ4n) is 13.9. The summed E-state index contributed by atoms with van der Waals surface area (Å²) in [5, 5.41) is 12.4. The number of hydrogen-bond acceptors (Lipinski definition) is 11. The largest absolute Gasteiger partial charge is 0.449 e. The van der Waals surface area contributed by atoms with Gasteiger partial charge in [0.1, 0.15) is 42.4 Å². The van der Waals surface area contributed by atoms with Gasteiger partial charge in [0.25, 0.3) is 0 Å². The summed E-state index contributed by atoms with van der Waals surface area (Å²) in [4.78, 5) is 125. The van der Waals surface area contributed by atoms with Crippen LogP contribution in [-0.4, -0.2) is 150 Å². The summed E-state index contributed by atoms with van der Waals surface area (Å²) in [6.45, 7) is 17.7. The fraction of sp³-hybridized carbons (Fsp3) is 0.493. The fourth-order valence-corrected chi connectivity index (χ4v) is 13.9. The number of ether oxygens (including phenoxy) is 3. The molecule has 0 radical (unpaired) electrons. The lowest BCUT2D eigenvalue weighted by Crippen LogP contribution is -2.62. The van der Waals surface area contributed by atoms with Crippen molar-refractivity contribution in [1.82, 2.24) is 40.9 Å². The van der Waals surface area contributed by atoms with E-state index in [9.17, 15) is 19.2 Å². The van der Waals surface area contributed by atoms with E-state index in [1.54, 1.807) is 44.6 Å². The van der Waals surface area contributed by atoms with Crippen molar-refractivity contribution in [2.45, 2.75) is 181 Å². The van der Waals surface area contributed by atoms with E-state index >= 15 is 19.2 Å². The third kappa shape index (κ3) is 15.0. The minimum atomic E-state index is -1.18. The number of fused-ring (bicyclic) bond motifs is 5. The normalized spacial score (nSPS) is 20.1. The number of amides is 8. The van der Waals surface area contributed by atoms with Crippen LogP contribution < -0.4 is 21.3 Å². The van der Waals surface area contributed by atoms with Crippen LogP contribution in [0.2, 0.25) is 0 Å². The molecule has 8 atom stereocenters. The number of nitrogens with one attached hydrogen (secondary N) is 4. The number of carbonyl (C=O) groups is 8. The molecule has 500 valence electrons. The first-order valence-electron chi connectivity index (χ1n) is 33.2. The van der Waals surface area contributed by atoms with Crippen molar-refractivity contribution in [3.05, 3.63) is 166 Å². The lowest BCUT2D eigenvalue weighted by molar-refractivity contribution is -0.153. The number of rotatable bonds is 19. The second-order valence-electron chi connectivity index (χ2n) is 29.5. The highest BCUT2D eigenvalue weighted by molar-refractivity contribution is 5.96. The molecule has 19 nitrogen and oxygen atoms in total. The van der Waals surface area contributed by atoms with E-state index in [1.165, 1.54) is 16.8 Å². The molecule has 2 fully saturated rings. The van der Waals surface area contributed by atoms with Crippen LogP contribution in [0.5, 0.6) is 0 Å². The Balaban J connectivity index is 0.924. The zero-order valence-electron chi connectivity index (χ0n) is 56.6. The Morgan fingerprint density at radius 3 is 1.83 bits per heavy atom. The minimum Gasteiger partial charge on any atom is -0.449 e. The quantitative estimate of drug-likeness (QED) is 0.0609. The third-order valence-electron chi connectivity index (χ3n) is 19.5. The van der Waals surface area contributed by atoms with Crippen LogP contribution in [0.3, 0.4) is 0 Å². The molecule has 0 unspecified atom stereocenters. The average molecular weight is 1280 g/mol. The number of nitrogens with zero attached hydrogens (tertiary/aromatic N) is 4. The van der Waals surface area contributed by atoms with Crippen molar-refractivity contribution in [2.24, 2.45) is 16.2 Å². The van der Waals surface area contributed by atoms with Crippen LogP contribution in [0, 0.1) is 16.2 Å². The Kier molecular flexibility index (Phi) is 20.2. The van der Waals surface area contributed by atoms with E-state index in [0.717, 1.165) is 62.9 Å². The zero-order chi connectivity index (χ0) is 67.6. The van der Waals surface area contributed by atoms with E-state index in [4.69, 9.17) is 14.2 Å². The Labute approximate surface area is 553 Å². The number of benzene rings is 5. The molecule has 5 aromatic carbocycles. The minimum absolute atomic E-state index is 0.0332. The summed E-state index contributed by atoms with van der Waals surface area (Å²) >= 11 is 0. The lowest BCUT2D eigenvalue weighted by Gasteiger charge is -2.44. The first-order chi connectivity index (χ1) is 44.6. The molecule has 3 aliphatic carbocycles. The molecule has 1 saturated carbocycles. The maximum absolute atomic E-state index is 16.3. The van der Waals surface area contributed by atoms with Gasteiger partial charge < -0.3 is 50.2 Å². The number of alkyl carbamates (subject to hydrolysis) is 1. The molecular weight excluding hydrogens is 1190 g/mol. The Morgan fingerprint density at radius 1 is 0.660 bits per heavy atom. The molecular formula is C75H94N8O11. The molecule has 19 heteroatoms. The maximum atomic E-state index is 16.3. The molecule has 2 heterocycles. The molecule has 5 aliphatic rings. The van der Waals surface area contributed by atoms with Gasteiger partial charge in [0.2, 0.25) is 35.4 Å². The van der Waals surface area contributed by atoms with Gasteiger partial charge >= 0.3 is 12.2 Å². The highest BCUT2D eigenvalue weighted by Gasteiger charge is 2.56. The van der Waals surface area contributed by atoms with E-state index in [1.807, 2.05) is 151 Å². The topological polar surface area (TPSA) is 225 Å². The molecule has 94 heavy (non-hydrogen) atoms. The number of carbonyl (C=O) groups excluding carboxylic acids is 8. The van der Waals surface area contributed by atoms with E-state index in [0.29, 0.717) is 19.3 Å².